The molecule has 0 saturated heterocycles. The minimum absolute atomic E-state index is 0.197. The SMILES string of the molecule is COc1cc(OC)cc(C(NC(=O)c2c[nH]c3ccccc23)c2nccn2C)c1. The van der Waals surface area contributed by atoms with Crippen LogP contribution in [0.2, 0.25) is 0 Å². The Labute approximate surface area is 168 Å². The highest BCUT2D eigenvalue weighted by molar-refractivity contribution is 6.06. The van der Waals surface area contributed by atoms with Gasteiger partial charge in [0.25, 0.3) is 5.91 Å². The quantitative estimate of drug-likeness (QED) is 0.528. The number of hydrogen-bond donors (Lipinski definition) is 2. The molecule has 2 aromatic heterocycles. The Morgan fingerprint density at radius 3 is 2.52 bits per heavy atom. The number of nitrogens with zero attached hydrogens (tertiary/aromatic N) is 2. The molecule has 2 heterocycles. The summed E-state index contributed by atoms with van der Waals surface area (Å²) in [7, 11) is 5.09. The summed E-state index contributed by atoms with van der Waals surface area (Å²) >= 11 is 0. The molecule has 0 bridgehead atoms. The number of aryl methyl sites for hydroxylation is 1. The van der Waals surface area contributed by atoms with Crippen molar-refractivity contribution >= 4 is 16.8 Å². The fourth-order valence-electron chi connectivity index (χ4n) is 3.42. The Morgan fingerprint density at radius 1 is 1.14 bits per heavy atom. The molecule has 4 rings (SSSR count). The van der Waals surface area contributed by atoms with Crippen LogP contribution in [0.25, 0.3) is 10.9 Å². The van der Waals surface area contributed by atoms with Crippen molar-refractivity contribution < 1.29 is 14.3 Å². The number of aromatic nitrogens is 3. The summed E-state index contributed by atoms with van der Waals surface area (Å²) in [5, 5.41) is 3.99. The molecule has 7 heteroatoms. The number of carbonyl (C=O) groups excluding carboxylic acids is 1. The van der Waals surface area contributed by atoms with Gasteiger partial charge in [0.15, 0.2) is 0 Å². The number of para-hydroxylation sites is 1. The first kappa shape index (κ1) is 18.6. The van der Waals surface area contributed by atoms with Crippen LogP contribution < -0.4 is 14.8 Å². The predicted molar refractivity (Wildman–Crippen MR) is 110 cm³/mol. The highest BCUT2D eigenvalue weighted by Gasteiger charge is 2.24. The summed E-state index contributed by atoms with van der Waals surface area (Å²) in [6.45, 7) is 0. The highest BCUT2D eigenvalue weighted by atomic mass is 16.5. The number of aromatic amines is 1. The van der Waals surface area contributed by atoms with Crippen molar-refractivity contribution in [3.05, 3.63) is 78.0 Å². The molecule has 0 aliphatic carbocycles. The Kier molecular flexibility index (Phi) is 4.95. The number of fused-ring (bicyclic) bond motifs is 1. The molecule has 0 spiro atoms. The first-order valence-corrected chi connectivity index (χ1v) is 9.18. The van der Waals surface area contributed by atoms with E-state index in [0.29, 0.717) is 22.9 Å². The van der Waals surface area contributed by atoms with E-state index in [2.05, 4.69) is 15.3 Å². The lowest BCUT2D eigenvalue weighted by atomic mass is 10.0. The van der Waals surface area contributed by atoms with Gasteiger partial charge in [-0.15, -0.1) is 0 Å². The summed E-state index contributed by atoms with van der Waals surface area (Å²) in [5.74, 6) is 1.78. The number of carbonyl (C=O) groups is 1. The van der Waals surface area contributed by atoms with E-state index in [0.717, 1.165) is 16.5 Å². The normalized spacial score (nSPS) is 12.0. The first-order valence-electron chi connectivity index (χ1n) is 9.18. The predicted octanol–water partition coefficient (Wildman–Crippen LogP) is 3.44. The molecule has 2 N–H and O–H groups in total. The van der Waals surface area contributed by atoms with Crippen molar-refractivity contribution in [1.29, 1.82) is 0 Å². The zero-order valence-electron chi connectivity index (χ0n) is 16.5. The molecular weight excluding hydrogens is 368 g/mol. The van der Waals surface area contributed by atoms with Gasteiger partial charge in [0, 0.05) is 42.6 Å². The lowest BCUT2D eigenvalue weighted by Gasteiger charge is -2.20. The molecule has 2 aromatic carbocycles. The number of hydrogen-bond acceptors (Lipinski definition) is 4. The second kappa shape index (κ2) is 7.71. The zero-order chi connectivity index (χ0) is 20.4. The summed E-state index contributed by atoms with van der Waals surface area (Å²) in [6, 6.07) is 12.8. The van der Waals surface area contributed by atoms with E-state index in [-0.39, 0.29) is 5.91 Å². The standard InChI is InChI=1S/C22H22N4O3/c1-26-9-8-23-21(26)20(14-10-15(28-2)12-16(11-14)29-3)25-22(27)18-13-24-19-7-5-4-6-17(18)19/h4-13,20,24H,1-3H3,(H,25,27). The van der Waals surface area contributed by atoms with Crippen molar-refractivity contribution in [2.24, 2.45) is 7.05 Å². The Bertz CT molecular complexity index is 1140. The van der Waals surface area contributed by atoms with E-state index in [9.17, 15) is 4.79 Å². The number of imidazole rings is 1. The molecule has 1 atom stereocenters. The van der Waals surface area contributed by atoms with Gasteiger partial charge in [-0.1, -0.05) is 18.2 Å². The van der Waals surface area contributed by atoms with Gasteiger partial charge in [0.1, 0.15) is 23.4 Å². The Morgan fingerprint density at radius 2 is 1.86 bits per heavy atom. The van der Waals surface area contributed by atoms with Crippen LogP contribution in [-0.4, -0.2) is 34.7 Å². The van der Waals surface area contributed by atoms with Crippen molar-refractivity contribution in [2.75, 3.05) is 14.2 Å². The molecule has 0 radical (unpaired) electrons. The monoisotopic (exact) mass is 390 g/mol. The highest BCUT2D eigenvalue weighted by Crippen LogP contribution is 2.30. The summed E-state index contributed by atoms with van der Waals surface area (Å²) in [4.78, 5) is 20.8. The number of methoxy groups -OCH3 is 2. The minimum Gasteiger partial charge on any atom is -0.497 e. The van der Waals surface area contributed by atoms with E-state index >= 15 is 0 Å². The fourth-order valence-corrected chi connectivity index (χ4v) is 3.42. The van der Waals surface area contributed by atoms with Crippen LogP contribution in [0.15, 0.2) is 61.1 Å². The van der Waals surface area contributed by atoms with Gasteiger partial charge >= 0.3 is 0 Å². The zero-order valence-corrected chi connectivity index (χ0v) is 16.5. The maximum absolute atomic E-state index is 13.2. The van der Waals surface area contributed by atoms with Crippen LogP contribution >= 0.6 is 0 Å². The minimum atomic E-state index is -0.486. The molecule has 4 aromatic rings. The average Bonchev–Trinajstić information content (AvgIpc) is 3.37. The van der Waals surface area contributed by atoms with Gasteiger partial charge in [-0.05, 0) is 23.8 Å². The van der Waals surface area contributed by atoms with Gasteiger partial charge in [-0.2, -0.15) is 0 Å². The molecule has 29 heavy (non-hydrogen) atoms. The third-order valence-corrected chi connectivity index (χ3v) is 4.93. The molecule has 1 unspecified atom stereocenters. The Hall–Kier alpha value is -3.74. The third-order valence-electron chi connectivity index (χ3n) is 4.93. The molecule has 0 aliphatic heterocycles. The fraction of sp³-hybridized carbons (Fsp3) is 0.182. The average molecular weight is 390 g/mol. The summed E-state index contributed by atoms with van der Waals surface area (Å²) in [5.41, 5.74) is 2.30. The molecule has 0 fully saturated rings. The second-order valence-corrected chi connectivity index (χ2v) is 6.70. The number of H-pyrrole nitrogens is 1. The number of nitrogens with one attached hydrogen (secondary N) is 2. The third kappa shape index (κ3) is 3.54. The topological polar surface area (TPSA) is 81.2 Å². The summed E-state index contributed by atoms with van der Waals surface area (Å²) in [6.07, 6.45) is 5.27. The van der Waals surface area contributed by atoms with E-state index in [1.807, 2.05) is 54.2 Å². The van der Waals surface area contributed by atoms with Crippen molar-refractivity contribution in [1.82, 2.24) is 19.9 Å². The van der Waals surface area contributed by atoms with Gasteiger partial charge in [-0.3, -0.25) is 4.79 Å². The van der Waals surface area contributed by atoms with Crippen LogP contribution in [0, 0.1) is 0 Å². The van der Waals surface area contributed by atoms with Gasteiger partial charge in [-0.25, -0.2) is 4.98 Å². The van der Waals surface area contributed by atoms with Crippen LogP contribution in [-0.2, 0) is 7.05 Å². The lowest BCUT2D eigenvalue weighted by molar-refractivity contribution is 0.0942. The molecule has 0 saturated carbocycles. The van der Waals surface area contributed by atoms with Crippen LogP contribution in [0.5, 0.6) is 11.5 Å². The number of rotatable bonds is 6. The van der Waals surface area contributed by atoms with Crippen molar-refractivity contribution in [3.8, 4) is 11.5 Å². The van der Waals surface area contributed by atoms with Crippen molar-refractivity contribution in [3.63, 3.8) is 0 Å². The van der Waals surface area contributed by atoms with E-state index in [1.165, 1.54) is 0 Å². The lowest BCUT2D eigenvalue weighted by Crippen LogP contribution is -2.31. The van der Waals surface area contributed by atoms with Crippen LogP contribution in [0.4, 0.5) is 0 Å². The van der Waals surface area contributed by atoms with E-state index in [4.69, 9.17) is 9.47 Å². The maximum atomic E-state index is 13.2. The summed E-state index contributed by atoms with van der Waals surface area (Å²) < 4.78 is 12.7. The largest absolute Gasteiger partial charge is 0.497 e. The van der Waals surface area contributed by atoms with Crippen LogP contribution in [0.3, 0.4) is 0 Å². The van der Waals surface area contributed by atoms with Crippen molar-refractivity contribution in [2.45, 2.75) is 6.04 Å². The molecule has 7 nitrogen and oxygen atoms in total. The number of benzene rings is 2. The van der Waals surface area contributed by atoms with E-state index < -0.39 is 6.04 Å². The number of ether oxygens (including phenoxy) is 2. The van der Waals surface area contributed by atoms with Gasteiger partial charge in [0.05, 0.1) is 19.8 Å². The molecule has 0 aliphatic rings. The number of amides is 1. The van der Waals surface area contributed by atoms with Gasteiger partial charge in [0.2, 0.25) is 0 Å². The Balaban J connectivity index is 1.76. The second-order valence-electron chi connectivity index (χ2n) is 6.70. The molecule has 148 valence electrons. The molecular formula is C22H22N4O3. The van der Waals surface area contributed by atoms with E-state index in [1.54, 1.807) is 32.7 Å². The van der Waals surface area contributed by atoms with Crippen LogP contribution in [0.1, 0.15) is 27.8 Å². The maximum Gasteiger partial charge on any atom is 0.254 e. The first-order chi connectivity index (χ1) is 14.1. The smallest absolute Gasteiger partial charge is 0.254 e. The van der Waals surface area contributed by atoms with Gasteiger partial charge < -0.3 is 24.3 Å². The molecule has 1 amide bonds.